The van der Waals surface area contributed by atoms with Crippen molar-refractivity contribution in [3.05, 3.63) is 54.4 Å². The van der Waals surface area contributed by atoms with Crippen molar-refractivity contribution < 1.29 is 18.0 Å². The van der Waals surface area contributed by atoms with Gasteiger partial charge in [-0.2, -0.15) is 13.2 Å². The van der Waals surface area contributed by atoms with Gasteiger partial charge in [0.2, 0.25) is 0 Å². The molecule has 11 heteroatoms. The fourth-order valence-corrected chi connectivity index (χ4v) is 4.22. The summed E-state index contributed by atoms with van der Waals surface area (Å²) in [5, 5.41) is 5.76. The second-order valence-electron chi connectivity index (χ2n) is 7.72. The Morgan fingerprint density at radius 3 is 2.52 bits per heavy atom. The van der Waals surface area contributed by atoms with E-state index in [0.29, 0.717) is 10.9 Å². The average molecular weight is 477 g/mol. The predicted octanol–water partition coefficient (Wildman–Crippen LogP) is 3.99. The number of hydrogen-bond acceptors (Lipinski definition) is 7. The van der Waals surface area contributed by atoms with Gasteiger partial charge in [-0.25, -0.2) is 9.97 Å². The van der Waals surface area contributed by atoms with Crippen LogP contribution < -0.4 is 15.5 Å². The summed E-state index contributed by atoms with van der Waals surface area (Å²) in [4.78, 5) is 26.1. The maximum absolute atomic E-state index is 12.3. The molecule has 2 aromatic heterocycles. The van der Waals surface area contributed by atoms with Crippen LogP contribution in [0.15, 0.2) is 48.8 Å². The number of likely N-dealkylation sites (N-methyl/N-ethyl adjacent to an activating group) is 1. The molecule has 0 radical (unpaired) electrons. The van der Waals surface area contributed by atoms with Gasteiger partial charge in [0.1, 0.15) is 12.4 Å². The van der Waals surface area contributed by atoms with Gasteiger partial charge in [0.05, 0.1) is 4.88 Å². The van der Waals surface area contributed by atoms with Crippen LogP contribution in [0.2, 0.25) is 0 Å². The van der Waals surface area contributed by atoms with E-state index in [1.165, 1.54) is 23.5 Å². The Morgan fingerprint density at radius 1 is 1.09 bits per heavy atom. The molecule has 1 aliphatic rings. The van der Waals surface area contributed by atoms with Crippen LogP contribution in [0.4, 0.5) is 29.8 Å². The molecule has 0 unspecified atom stereocenters. The van der Waals surface area contributed by atoms with Crippen LogP contribution in [-0.4, -0.2) is 66.7 Å². The second-order valence-corrected chi connectivity index (χ2v) is 8.75. The molecule has 1 fully saturated rings. The van der Waals surface area contributed by atoms with Gasteiger partial charge in [-0.3, -0.25) is 4.79 Å². The Balaban J connectivity index is 1.39. The zero-order valence-electron chi connectivity index (χ0n) is 17.9. The molecule has 3 aromatic rings. The minimum Gasteiger partial charge on any atom is -0.369 e. The molecule has 1 saturated heterocycles. The van der Waals surface area contributed by atoms with E-state index in [1.54, 1.807) is 24.5 Å². The van der Waals surface area contributed by atoms with E-state index in [4.69, 9.17) is 0 Å². The number of halogens is 3. The largest absolute Gasteiger partial charge is 0.405 e. The molecule has 0 spiro atoms. The van der Waals surface area contributed by atoms with Gasteiger partial charge in [0, 0.05) is 55.9 Å². The van der Waals surface area contributed by atoms with Gasteiger partial charge in [0.25, 0.3) is 5.91 Å². The molecule has 2 N–H and O–H groups in total. The number of carbonyl (C=O) groups excluding carboxylic acids is 1. The number of piperazine rings is 1. The number of nitrogens with zero attached hydrogens (tertiary/aromatic N) is 4. The third-order valence-corrected chi connectivity index (χ3v) is 6.20. The van der Waals surface area contributed by atoms with E-state index < -0.39 is 18.6 Å². The Kier molecular flexibility index (Phi) is 6.80. The number of pyridine rings is 1. The molecule has 3 heterocycles. The normalized spacial score (nSPS) is 14.8. The monoisotopic (exact) mass is 476 g/mol. The van der Waals surface area contributed by atoms with Gasteiger partial charge in [-0.05, 0) is 30.8 Å². The van der Waals surface area contributed by atoms with Crippen molar-refractivity contribution >= 4 is 33.9 Å². The van der Waals surface area contributed by atoms with Gasteiger partial charge in [-0.1, -0.05) is 23.5 Å². The maximum Gasteiger partial charge on any atom is 0.405 e. The molecule has 4 rings (SSSR count). The summed E-state index contributed by atoms with van der Waals surface area (Å²) < 4.78 is 36.8. The Bertz CT molecular complexity index is 1090. The van der Waals surface area contributed by atoms with Crippen LogP contribution in [0.1, 0.15) is 10.4 Å². The SMILES string of the molecule is CN1CCN(c2ccnc(Nc3ncc(-c4ccc(C(=O)NCC(F)(F)F)cc4)s3)c2)CC1. The third-order valence-electron chi connectivity index (χ3n) is 5.23. The molecule has 0 atom stereocenters. The van der Waals surface area contributed by atoms with E-state index >= 15 is 0 Å². The van der Waals surface area contributed by atoms with Crippen LogP contribution in [0.5, 0.6) is 0 Å². The molecule has 33 heavy (non-hydrogen) atoms. The van der Waals surface area contributed by atoms with E-state index in [0.717, 1.165) is 42.3 Å². The number of carbonyl (C=O) groups is 1. The van der Waals surface area contributed by atoms with Crippen LogP contribution in [0.3, 0.4) is 0 Å². The van der Waals surface area contributed by atoms with Crippen molar-refractivity contribution in [2.45, 2.75) is 6.18 Å². The first-order chi connectivity index (χ1) is 15.8. The molecule has 7 nitrogen and oxygen atoms in total. The number of rotatable bonds is 6. The van der Waals surface area contributed by atoms with Gasteiger partial charge in [0.15, 0.2) is 5.13 Å². The van der Waals surface area contributed by atoms with E-state index in [9.17, 15) is 18.0 Å². The third kappa shape index (κ3) is 6.20. The number of amides is 1. The lowest BCUT2D eigenvalue weighted by molar-refractivity contribution is -0.123. The smallest absolute Gasteiger partial charge is 0.369 e. The molecule has 1 amide bonds. The lowest BCUT2D eigenvalue weighted by Gasteiger charge is -2.34. The molecule has 1 aliphatic heterocycles. The second kappa shape index (κ2) is 9.75. The highest BCUT2D eigenvalue weighted by atomic mass is 32.1. The zero-order chi connectivity index (χ0) is 23.4. The Morgan fingerprint density at radius 2 is 1.82 bits per heavy atom. The molecule has 0 aliphatic carbocycles. The van der Waals surface area contributed by atoms with E-state index in [1.807, 2.05) is 17.4 Å². The highest BCUT2D eigenvalue weighted by Gasteiger charge is 2.27. The van der Waals surface area contributed by atoms with Crippen LogP contribution >= 0.6 is 11.3 Å². The molecule has 0 bridgehead atoms. The topological polar surface area (TPSA) is 73.4 Å². The van der Waals surface area contributed by atoms with Crippen molar-refractivity contribution in [3.8, 4) is 10.4 Å². The summed E-state index contributed by atoms with van der Waals surface area (Å²) in [6.07, 6.45) is -0.969. The molecule has 1 aromatic carbocycles. The van der Waals surface area contributed by atoms with Gasteiger partial charge < -0.3 is 20.4 Å². The van der Waals surface area contributed by atoms with Crippen molar-refractivity contribution in [1.29, 1.82) is 0 Å². The van der Waals surface area contributed by atoms with Crippen molar-refractivity contribution in [2.24, 2.45) is 0 Å². The van der Waals surface area contributed by atoms with Crippen LogP contribution in [0.25, 0.3) is 10.4 Å². The van der Waals surface area contributed by atoms with E-state index in [2.05, 4.69) is 32.1 Å². The van der Waals surface area contributed by atoms with Crippen molar-refractivity contribution in [2.75, 3.05) is 50.0 Å². The molecule has 0 saturated carbocycles. The lowest BCUT2D eigenvalue weighted by atomic mass is 10.1. The highest BCUT2D eigenvalue weighted by Crippen LogP contribution is 2.31. The first kappa shape index (κ1) is 23.0. The highest BCUT2D eigenvalue weighted by molar-refractivity contribution is 7.18. The zero-order valence-corrected chi connectivity index (χ0v) is 18.7. The fraction of sp³-hybridized carbons (Fsp3) is 0.318. The minimum atomic E-state index is -4.44. The number of alkyl halides is 3. The number of benzene rings is 1. The predicted molar refractivity (Wildman–Crippen MR) is 123 cm³/mol. The molecule has 174 valence electrons. The number of aromatic nitrogens is 2. The summed E-state index contributed by atoms with van der Waals surface area (Å²) in [7, 11) is 2.12. The van der Waals surface area contributed by atoms with Gasteiger partial charge >= 0.3 is 6.18 Å². The van der Waals surface area contributed by atoms with Crippen molar-refractivity contribution in [1.82, 2.24) is 20.2 Å². The van der Waals surface area contributed by atoms with Crippen molar-refractivity contribution in [3.63, 3.8) is 0 Å². The first-order valence-electron chi connectivity index (χ1n) is 10.3. The number of nitrogens with one attached hydrogen (secondary N) is 2. The Labute approximate surface area is 193 Å². The quantitative estimate of drug-likeness (QED) is 0.561. The standard InChI is InChI=1S/C22H23F3N6OS/c1-30-8-10-31(11-9-30)17-6-7-26-19(12-17)29-21-27-13-18(33-21)15-2-4-16(5-3-15)20(32)28-14-22(23,24)25/h2-7,12-13H,8-11,14H2,1H3,(H,28,32)(H,26,27,29). The summed E-state index contributed by atoms with van der Waals surface area (Å²) in [6.45, 7) is 2.60. The van der Waals surface area contributed by atoms with Crippen LogP contribution in [0, 0.1) is 0 Å². The number of hydrogen-bond donors (Lipinski definition) is 2. The van der Waals surface area contributed by atoms with E-state index in [-0.39, 0.29) is 5.56 Å². The van der Waals surface area contributed by atoms with Crippen LogP contribution in [-0.2, 0) is 0 Å². The maximum atomic E-state index is 12.3. The molecular weight excluding hydrogens is 453 g/mol. The summed E-state index contributed by atoms with van der Waals surface area (Å²) in [6, 6.07) is 10.4. The minimum absolute atomic E-state index is 0.163. The number of thiazole rings is 1. The average Bonchev–Trinajstić information content (AvgIpc) is 3.26. The molecular formula is C22H23F3N6OS. The first-order valence-corrected chi connectivity index (χ1v) is 11.2. The fourth-order valence-electron chi connectivity index (χ4n) is 3.39. The summed E-state index contributed by atoms with van der Waals surface area (Å²) >= 11 is 1.42. The number of anilines is 3. The summed E-state index contributed by atoms with van der Waals surface area (Å²) in [5.74, 6) is -0.0687. The lowest BCUT2D eigenvalue weighted by Crippen LogP contribution is -2.44. The van der Waals surface area contributed by atoms with Gasteiger partial charge in [-0.15, -0.1) is 0 Å². The Hall–Kier alpha value is -3.18. The summed E-state index contributed by atoms with van der Waals surface area (Å²) in [5.41, 5.74) is 2.08.